The summed E-state index contributed by atoms with van der Waals surface area (Å²) in [5, 5.41) is 5.58. The van der Waals surface area contributed by atoms with Gasteiger partial charge < -0.3 is 14.6 Å². The lowest BCUT2D eigenvalue weighted by molar-refractivity contribution is -0.149. The number of aromatic nitrogens is 3. The summed E-state index contributed by atoms with van der Waals surface area (Å²) >= 11 is 0. The fourth-order valence-corrected chi connectivity index (χ4v) is 4.29. The zero-order valence-electron chi connectivity index (χ0n) is 17.9. The van der Waals surface area contributed by atoms with Crippen molar-refractivity contribution in [2.75, 3.05) is 6.54 Å². The Balaban J connectivity index is 1.59. The summed E-state index contributed by atoms with van der Waals surface area (Å²) in [4.78, 5) is 30.5. The van der Waals surface area contributed by atoms with Crippen molar-refractivity contribution in [3.63, 3.8) is 0 Å². The van der Waals surface area contributed by atoms with Crippen molar-refractivity contribution in [3.05, 3.63) is 53.5 Å². The molecule has 0 saturated carbocycles. The molecule has 7 nitrogen and oxygen atoms in total. The van der Waals surface area contributed by atoms with Gasteiger partial charge in [-0.3, -0.25) is 14.3 Å². The van der Waals surface area contributed by atoms with E-state index < -0.39 is 11.5 Å². The molecule has 7 heteroatoms. The molecule has 0 spiro atoms. The number of nitrogens with one attached hydrogen (secondary N) is 1. The molecule has 30 heavy (non-hydrogen) atoms. The number of aryl methyl sites for hydroxylation is 2. The van der Waals surface area contributed by atoms with Crippen LogP contribution in [0.1, 0.15) is 37.2 Å². The summed E-state index contributed by atoms with van der Waals surface area (Å²) in [6.07, 6.45) is 2.85. The zero-order valence-corrected chi connectivity index (χ0v) is 17.9. The standard InChI is InChI=1S/C23H28N4O3/c1-15-11-17(26(4)25-15)14-27(22(29)19-12-21(28)30-23(19,2)3)10-9-16-13-24-20-8-6-5-7-18(16)20/h5-8,11,13,19,24H,9-10,12,14H2,1-4H3. The largest absolute Gasteiger partial charge is 0.459 e. The second-order valence-corrected chi connectivity index (χ2v) is 8.60. The van der Waals surface area contributed by atoms with Crippen LogP contribution in [0.15, 0.2) is 36.5 Å². The van der Waals surface area contributed by atoms with Crippen molar-refractivity contribution in [2.24, 2.45) is 13.0 Å². The Labute approximate surface area is 176 Å². The first-order valence-electron chi connectivity index (χ1n) is 10.3. The Hall–Kier alpha value is -3.09. The molecule has 1 aromatic carbocycles. The van der Waals surface area contributed by atoms with E-state index in [-0.39, 0.29) is 18.3 Å². The highest BCUT2D eigenvalue weighted by molar-refractivity contribution is 5.88. The third-order valence-electron chi connectivity index (χ3n) is 5.97. The number of carbonyl (C=O) groups excluding carboxylic acids is 2. The number of H-pyrrole nitrogens is 1. The van der Waals surface area contributed by atoms with Crippen molar-refractivity contribution in [3.8, 4) is 0 Å². The number of amides is 1. The Bertz CT molecular complexity index is 1100. The molecule has 3 aromatic rings. The van der Waals surface area contributed by atoms with Crippen molar-refractivity contribution >= 4 is 22.8 Å². The molecule has 158 valence electrons. The van der Waals surface area contributed by atoms with Gasteiger partial charge in [-0.1, -0.05) is 18.2 Å². The normalized spacial score (nSPS) is 18.0. The van der Waals surface area contributed by atoms with Crippen LogP contribution in [-0.2, 0) is 34.3 Å². The highest BCUT2D eigenvalue weighted by atomic mass is 16.6. The summed E-state index contributed by atoms with van der Waals surface area (Å²) in [5.41, 5.74) is 3.33. The number of benzene rings is 1. The summed E-state index contributed by atoms with van der Waals surface area (Å²) in [6.45, 7) is 6.55. The minimum absolute atomic E-state index is 0.0513. The predicted molar refractivity (Wildman–Crippen MR) is 114 cm³/mol. The lowest BCUT2D eigenvalue weighted by Crippen LogP contribution is -2.44. The molecule has 1 fully saturated rings. The second kappa shape index (κ2) is 7.63. The van der Waals surface area contributed by atoms with Crippen LogP contribution in [0.25, 0.3) is 10.9 Å². The molecular weight excluding hydrogens is 380 g/mol. The van der Waals surface area contributed by atoms with Crippen molar-refractivity contribution < 1.29 is 14.3 Å². The summed E-state index contributed by atoms with van der Waals surface area (Å²) in [7, 11) is 1.89. The minimum atomic E-state index is -0.796. The first kappa shape index (κ1) is 20.2. The van der Waals surface area contributed by atoms with Gasteiger partial charge in [0.15, 0.2) is 0 Å². The van der Waals surface area contributed by atoms with E-state index in [0.717, 1.165) is 16.9 Å². The Morgan fingerprint density at radius 3 is 2.80 bits per heavy atom. The Morgan fingerprint density at radius 1 is 1.37 bits per heavy atom. The number of carbonyl (C=O) groups is 2. The number of rotatable bonds is 6. The number of esters is 1. The van der Waals surface area contributed by atoms with Crippen LogP contribution in [-0.4, -0.2) is 43.7 Å². The van der Waals surface area contributed by atoms with Crippen LogP contribution in [0.3, 0.4) is 0 Å². The van der Waals surface area contributed by atoms with Gasteiger partial charge in [0.2, 0.25) is 5.91 Å². The first-order valence-corrected chi connectivity index (χ1v) is 10.3. The topological polar surface area (TPSA) is 80.2 Å². The lowest BCUT2D eigenvalue weighted by Gasteiger charge is -2.30. The molecule has 1 amide bonds. The monoisotopic (exact) mass is 408 g/mol. The molecule has 2 aromatic heterocycles. The molecule has 0 bridgehead atoms. The molecule has 1 N–H and O–H groups in total. The molecular formula is C23H28N4O3. The van der Waals surface area contributed by atoms with Crippen molar-refractivity contribution in [2.45, 2.75) is 45.8 Å². The molecule has 0 radical (unpaired) electrons. The van der Waals surface area contributed by atoms with E-state index in [2.05, 4.69) is 16.1 Å². The van der Waals surface area contributed by atoms with Crippen LogP contribution < -0.4 is 0 Å². The quantitative estimate of drug-likeness (QED) is 0.636. The van der Waals surface area contributed by atoms with E-state index >= 15 is 0 Å². The van der Waals surface area contributed by atoms with Crippen LogP contribution in [0.5, 0.6) is 0 Å². The number of hydrogen-bond acceptors (Lipinski definition) is 4. The Morgan fingerprint density at radius 2 is 2.13 bits per heavy atom. The number of para-hydroxylation sites is 1. The van der Waals surface area contributed by atoms with Crippen LogP contribution in [0.4, 0.5) is 0 Å². The average Bonchev–Trinajstić information content (AvgIpc) is 3.32. The minimum Gasteiger partial charge on any atom is -0.459 e. The van der Waals surface area contributed by atoms with E-state index in [1.807, 2.05) is 67.9 Å². The number of nitrogens with zero attached hydrogens (tertiary/aromatic N) is 3. The molecule has 1 aliphatic rings. The van der Waals surface area contributed by atoms with E-state index in [0.29, 0.717) is 19.5 Å². The number of hydrogen-bond donors (Lipinski definition) is 1. The van der Waals surface area contributed by atoms with Gasteiger partial charge in [-0.15, -0.1) is 0 Å². The molecule has 1 unspecified atom stereocenters. The predicted octanol–water partition coefficient (Wildman–Crippen LogP) is 3.12. The van der Waals surface area contributed by atoms with Gasteiger partial charge in [0.05, 0.1) is 30.3 Å². The van der Waals surface area contributed by atoms with Gasteiger partial charge in [-0.2, -0.15) is 5.10 Å². The summed E-state index contributed by atoms with van der Waals surface area (Å²) in [5.74, 6) is -0.849. The maximum absolute atomic E-state index is 13.5. The summed E-state index contributed by atoms with van der Waals surface area (Å²) < 4.78 is 7.22. The highest BCUT2D eigenvalue weighted by Gasteiger charge is 2.47. The molecule has 1 atom stereocenters. The number of fused-ring (bicyclic) bond motifs is 1. The van der Waals surface area contributed by atoms with Gasteiger partial charge in [-0.25, -0.2) is 0 Å². The fourth-order valence-electron chi connectivity index (χ4n) is 4.29. The van der Waals surface area contributed by atoms with Crippen molar-refractivity contribution in [1.82, 2.24) is 19.7 Å². The zero-order chi connectivity index (χ0) is 21.5. The average molecular weight is 409 g/mol. The van der Waals surface area contributed by atoms with Gasteiger partial charge in [0.25, 0.3) is 0 Å². The lowest BCUT2D eigenvalue weighted by atomic mass is 9.89. The molecule has 4 rings (SSSR count). The summed E-state index contributed by atoms with van der Waals surface area (Å²) in [6, 6.07) is 10.1. The molecule has 1 aliphatic heterocycles. The van der Waals surface area contributed by atoms with E-state index in [1.54, 1.807) is 0 Å². The number of aromatic amines is 1. The number of cyclic esters (lactones) is 1. The van der Waals surface area contributed by atoms with Gasteiger partial charge in [-0.05, 0) is 44.9 Å². The maximum Gasteiger partial charge on any atom is 0.307 e. The van der Waals surface area contributed by atoms with E-state index in [4.69, 9.17) is 4.74 Å². The van der Waals surface area contributed by atoms with Gasteiger partial charge in [0.1, 0.15) is 5.60 Å². The van der Waals surface area contributed by atoms with E-state index in [1.165, 1.54) is 10.9 Å². The van der Waals surface area contributed by atoms with Crippen molar-refractivity contribution in [1.29, 1.82) is 0 Å². The third-order valence-corrected chi connectivity index (χ3v) is 5.97. The second-order valence-electron chi connectivity index (χ2n) is 8.60. The Kier molecular flexibility index (Phi) is 5.13. The fraction of sp³-hybridized carbons (Fsp3) is 0.435. The van der Waals surface area contributed by atoms with Gasteiger partial charge >= 0.3 is 5.97 Å². The molecule has 1 saturated heterocycles. The van der Waals surface area contributed by atoms with Crippen LogP contribution >= 0.6 is 0 Å². The highest BCUT2D eigenvalue weighted by Crippen LogP contribution is 2.34. The maximum atomic E-state index is 13.5. The molecule has 0 aliphatic carbocycles. The molecule has 3 heterocycles. The van der Waals surface area contributed by atoms with Crippen LogP contribution in [0, 0.1) is 12.8 Å². The first-order chi connectivity index (χ1) is 14.2. The van der Waals surface area contributed by atoms with Crippen LogP contribution in [0.2, 0.25) is 0 Å². The van der Waals surface area contributed by atoms with E-state index in [9.17, 15) is 9.59 Å². The van der Waals surface area contributed by atoms with Gasteiger partial charge in [0, 0.05) is 30.7 Å². The smallest absolute Gasteiger partial charge is 0.307 e. The third kappa shape index (κ3) is 3.84. The SMILES string of the molecule is Cc1cc(CN(CCc2c[nH]c3ccccc23)C(=O)C2CC(=O)OC2(C)C)n(C)n1. The number of ether oxygens (including phenoxy) is 1.